The number of benzene rings is 1. The van der Waals surface area contributed by atoms with Gasteiger partial charge in [-0.05, 0) is 36.6 Å². The average molecular weight is 330 g/mol. The molecule has 0 radical (unpaired) electrons. The summed E-state index contributed by atoms with van der Waals surface area (Å²) in [5.74, 6) is -0.236. The van der Waals surface area contributed by atoms with Crippen molar-refractivity contribution in [1.82, 2.24) is 5.32 Å². The summed E-state index contributed by atoms with van der Waals surface area (Å²) in [5.41, 5.74) is 0. The van der Waals surface area contributed by atoms with Gasteiger partial charge in [0, 0.05) is 9.77 Å². The van der Waals surface area contributed by atoms with Crippen molar-refractivity contribution >= 4 is 40.6 Å². The summed E-state index contributed by atoms with van der Waals surface area (Å²) in [4.78, 5) is 13.7. The van der Waals surface area contributed by atoms with Crippen molar-refractivity contribution < 1.29 is 9.18 Å². The molecule has 0 unspecified atom stereocenters. The molecule has 0 aliphatic carbocycles. The molecule has 0 fully saturated rings. The first-order valence-electron chi connectivity index (χ1n) is 5.97. The molecule has 0 aliphatic heterocycles. The third-order valence-corrected chi connectivity index (χ3v) is 4.95. The van der Waals surface area contributed by atoms with E-state index in [0.29, 0.717) is 0 Å². The lowest BCUT2D eigenvalue weighted by Gasteiger charge is -2.12. The van der Waals surface area contributed by atoms with Gasteiger partial charge in [0.05, 0.1) is 16.8 Å². The third kappa shape index (κ3) is 4.23. The molecule has 0 aliphatic rings. The highest BCUT2D eigenvalue weighted by atomic mass is 35.5. The van der Waals surface area contributed by atoms with E-state index >= 15 is 0 Å². The Bertz CT molecular complexity index is 589. The standard InChI is InChI=1S/C14H13ClFNOS2/c1-9(13-3-2-6-19-13)17-14(18)8-20-10-4-5-12(16)11(15)7-10/h2-7,9H,8H2,1H3,(H,17,18)/t9-/m0/s1. The fourth-order valence-corrected chi connectivity index (χ4v) is 3.33. The van der Waals surface area contributed by atoms with Crippen LogP contribution in [0, 0.1) is 5.82 Å². The first-order valence-corrected chi connectivity index (χ1v) is 8.21. The maximum absolute atomic E-state index is 13.0. The minimum absolute atomic E-state index is 0.0000873. The van der Waals surface area contributed by atoms with Crippen molar-refractivity contribution in [2.24, 2.45) is 0 Å². The van der Waals surface area contributed by atoms with Crippen LogP contribution in [0.3, 0.4) is 0 Å². The SMILES string of the molecule is C[C@H](NC(=O)CSc1ccc(F)c(Cl)c1)c1cccs1. The Morgan fingerprint density at radius 1 is 1.50 bits per heavy atom. The van der Waals surface area contributed by atoms with Crippen molar-refractivity contribution in [2.75, 3.05) is 5.75 Å². The van der Waals surface area contributed by atoms with Crippen LogP contribution < -0.4 is 5.32 Å². The van der Waals surface area contributed by atoms with E-state index < -0.39 is 5.82 Å². The summed E-state index contributed by atoms with van der Waals surface area (Å²) < 4.78 is 13.0. The highest BCUT2D eigenvalue weighted by Gasteiger charge is 2.11. The van der Waals surface area contributed by atoms with Crippen molar-refractivity contribution in [3.05, 3.63) is 51.4 Å². The molecule has 6 heteroatoms. The second kappa shape index (κ2) is 7.11. The minimum atomic E-state index is -0.452. The first-order chi connectivity index (χ1) is 9.56. The molecule has 1 amide bonds. The molecular formula is C14H13ClFNOS2. The number of thioether (sulfide) groups is 1. The molecule has 0 saturated carbocycles. The molecule has 2 nitrogen and oxygen atoms in total. The van der Waals surface area contributed by atoms with Crippen LogP contribution in [0.1, 0.15) is 17.8 Å². The molecule has 2 aromatic rings. The monoisotopic (exact) mass is 329 g/mol. The molecule has 1 atom stereocenters. The van der Waals surface area contributed by atoms with Crippen LogP contribution in [0.2, 0.25) is 5.02 Å². The Morgan fingerprint density at radius 2 is 2.30 bits per heavy atom. The smallest absolute Gasteiger partial charge is 0.230 e. The van der Waals surface area contributed by atoms with Gasteiger partial charge in [-0.1, -0.05) is 17.7 Å². The number of hydrogen-bond acceptors (Lipinski definition) is 3. The molecule has 1 heterocycles. The molecule has 20 heavy (non-hydrogen) atoms. The summed E-state index contributed by atoms with van der Waals surface area (Å²) in [7, 11) is 0. The lowest BCUT2D eigenvalue weighted by atomic mass is 10.3. The minimum Gasteiger partial charge on any atom is -0.348 e. The van der Waals surface area contributed by atoms with E-state index in [2.05, 4.69) is 5.32 Å². The third-order valence-electron chi connectivity index (χ3n) is 2.61. The number of amides is 1. The predicted octanol–water partition coefficient (Wildman–Crippen LogP) is 4.51. The van der Waals surface area contributed by atoms with Crippen molar-refractivity contribution in [1.29, 1.82) is 0 Å². The summed E-state index contributed by atoms with van der Waals surface area (Å²) in [6.07, 6.45) is 0. The van der Waals surface area contributed by atoms with Gasteiger partial charge in [-0.25, -0.2) is 4.39 Å². The second-order valence-corrected chi connectivity index (χ2v) is 6.60. The van der Waals surface area contributed by atoms with E-state index in [0.717, 1.165) is 9.77 Å². The summed E-state index contributed by atoms with van der Waals surface area (Å²) in [5, 5.41) is 4.97. The summed E-state index contributed by atoms with van der Waals surface area (Å²) in [6.45, 7) is 1.95. The van der Waals surface area contributed by atoms with Crippen molar-refractivity contribution in [3.8, 4) is 0 Å². The van der Waals surface area contributed by atoms with Crippen LogP contribution in [0.4, 0.5) is 4.39 Å². The van der Waals surface area contributed by atoms with Gasteiger partial charge < -0.3 is 5.32 Å². The molecule has 0 bridgehead atoms. The van der Waals surface area contributed by atoms with E-state index in [1.54, 1.807) is 17.4 Å². The number of thiophene rings is 1. The van der Waals surface area contributed by atoms with E-state index in [1.165, 1.54) is 23.9 Å². The molecule has 0 saturated heterocycles. The van der Waals surface area contributed by atoms with Gasteiger partial charge in [-0.15, -0.1) is 23.1 Å². The zero-order valence-corrected chi connectivity index (χ0v) is 13.1. The lowest BCUT2D eigenvalue weighted by Crippen LogP contribution is -2.27. The summed E-state index contributed by atoms with van der Waals surface area (Å²) in [6, 6.07) is 8.39. The van der Waals surface area contributed by atoms with Crippen LogP contribution >= 0.6 is 34.7 Å². The Labute approximate surface area is 130 Å². The van der Waals surface area contributed by atoms with Crippen LogP contribution in [-0.2, 0) is 4.79 Å². The first kappa shape index (κ1) is 15.4. The molecule has 1 aromatic carbocycles. The predicted molar refractivity (Wildman–Crippen MR) is 83.0 cm³/mol. The zero-order chi connectivity index (χ0) is 14.5. The molecule has 1 N–H and O–H groups in total. The number of rotatable bonds is 5. The van der Waals surface area contributed by atoms with E-state index in [4.69, 9.17) is 11.6 Å². The van der Waals surface area contributed by atoms with Crippen molar-refractivity contribution in [2.45, 2.75) is 17.9 Å². The number of nitrogens with one attached hydrogen (secondary N) is 1. The highest BCUT2D eigenvalue weighted by Crippen LogP contribution is 2.24. The summed E-state index contributed by atoms with van der Waals surface area (Å²) >= 11 is 8.63. The van der Waals surface area contributed by atoms with Crippen LogP contribution in [0.25, 0.3) is 0 Å². The fourth-order valence-electron chi connectivity index (χ4n) is 1.61. The molecular weight excluding hydrogens is 317 g/mol. The van der Waals surface area contributed by atoms with Gasteiger partial charge in [-0.2, -0.15) is 0 Å². The topological polar surface area (TPSA) is 29.1 Å². The van der Waals surface area contributed by atoms with Crippen LogP contribution in [0.15, 0.2) is 40.6 Å². The van der Waals surface area contributed by atoms with E-state index in [-0.39, 0.29) is 22.7 Å². The Hall–Kier alpha value is -1.04. The fraction of sp³-hybridized carbons (Fsp3) is 0.214. The quantitative estimate of drug-likeness (QED) is 0.818. The maximum Gasteiger partial charge on any atom is 0.230 e. The largest absolute Gasteiger partial charge is 0.348 e. The number of carbonyl (C=O) groups excluding carboxylic acids is 1. The number of hydrogen-bond donors (Lipinski definition) is 1. The highest BCUT2D eigenvalue weighted by molar-refractivity contribution is 8.00. The molecule has 106 valence electrons. The Morgan fingerprint density at radius 3 is 2.95 bits per heavy atom. The van der Waals surface area contributed by atoms with Gasteiger partial charge in [0.2, 0.25) is 5.91 Å². The van der Waals surface area contributed by atoms with Gasteiger partial charge >= 0.3 is 0 Å². The normalized spacial score (nSPS) is 12.2. The lowest BCUT2D eigenvalue weighted by molar-refractivity contribution is -0.119. The van der Waals surface area contributed by atoms with Gasteiger partial charge in [0.25, 0.3) is 0 Å². The second-order valence-electron chi connectivity index (χ2n) is 4.17. The Balaban J connectivity index is 1.84. The van der Waals surface area contributed by atoms with Gasteiger partial charge in [-0.3, -0.25) is 4.79 Å². The van der Waals surface area contributed by atoms with Crippen LogP contribution in [-0.4, -0.2) is 11.7 Å². The van der Waals surface area contributed by atoms with E-state index in [1.807, 2.05) is 24.4 Å². The molecule has 0 spiro atoms. The van der Waals surface area contributed by atoms with Gasteiger partial charge in [0.15, 0.2) is 0 Å². The van der Waals surface area contributed by atoms with Crippen molar-refractivity contribution in [3.63, 3.8) is 0 Å². The van der Waals surface area contributed by atoms with E-state index in [9.17, 15) is 9.18 Å². The zero-order valence-electron chi connectivity index (χ0n) is 10.7. The van der Waals surface area contributed by atoms with Gasteiger partial charge in [0.1, 0.15) is 5.82 Å². The van der Waals surface area contributed by atoms with Crippen LogP contribution in [0.5, 0.6) is 0 Å². The number of carbonyl (C=O) groups is 1. The Kier molecular flexibility index (Phi) is 5.46. The molecule has 2 rings (SSSR count). The molecule has 1 aromatic heterocycles. The number of halogens is 2. The average Bonchev–Trinajstić information content (AvgIpc) is 2.94. The maximum atomic E-state index is 13.0.